The van der Waals surface area contributed by atoms with Crippen molar-refractivity contribution in [3.05, 3.63) is 35.2 Å². The second kappa shape index (κ2) is 11.6. The summed E-state index contributed by atoms with van der Waals surface area (Å²) in [5.74, 6) is -5.47. The standard InChI is InChI=1S/C21H26F2N3O8P/c1-6-33-19(28)21(26-12(3)27,20(29)34-7-2)10-17-18(11-35(30,31-4)32-5)25-16-9-14(23)13(22)8-15(16)24-17/h8-9H,6-7,10-11H2,1-5H3,(H,26,27). The van der Waals surface area contributed by atoms with E-state index >= 15 is 0 Å². The van der Waals surface area contributed by atoms with Gasteiger partial charge in [0.15, 0.2) is 11.6 Å². The maximum atomic E-state index is 13.9. The van der Waals surface area contributed by atoms with E-state index in [9.17, 15) is 27.7 Å². The molecule has 1 aromatic carbocycles. The molecule has 0 atom stereocenters. The zero-order chi connectivity index (χ0) is 26.4. The molecule has 35 heavy (non-hydrogen) atoms. The van der Waals surface area contributed by atoms with E-state index in [1.54, 1.807) is 0 Å². The number of fused-ring (bicyclic) bond motifs is 1. The highest BCUT2D eigenvalue weighted by Gasteiger charge is 2.51. The van der Waals surface area contributed by atoms with Crippen molar-refractivity contribution in [1.82, 2.24) is 15.3 Å². The van der Waals surface area contributed by atoms with Gasteiger partial charge in [0, 0.05) is 39.7 Å². The summed E-state index contributed by atoms with van der Waals surface area (Å²) >= 11 is 0. The van der Waals surface area contributed by atoms with E-state index in [1.165, 1.54) is 13.8 Å². The highest BCUT2D eigenvalue weighted by atomic mass is 31.2. The minimum Gasteiger partial charge on any atom is -0.464 e. The average molecular weight is 517 g/mol. The maximum Gasteiger partial charge on any atom is 0.344 e. The molecule has 0 aliphatic rings. The number of halogens is 2. The van der Waals surface area contributed by atoms with Crippen LogP contribution in [0.3, 0.4) is 0 Å². The van der Waals surface area contributed by atoms with E-state index in [0.29, 0.717) is 0 Å². The van der Waals surface area contributed by atoms with Crippen molar-refractivity contribution in [3.63, 3.8) is 0 Å². The van der Waals surface area contributed by atoms with E-state index in [1.807, 2.05) is 0 Å². The van der Waals surface area contributed by atoms with Crippen molar-refractivity contribution in [1.29, 1.82) is 0 Å². The van der Waals surface area contributed by atoms with Gasteiger partial charge in [0.25, 0.3) is 0 Å². The van der Waals surface area contributed by atoms with Gasteiger partial charge in [0.1, 0.15) is 0 Å². The normalized spacial score (nSPS) is 11.9. The van der Waals surface area contributed by atoms with Crippen LogP contribution in [0, 0.1) is 11.6 Å². The Kier molecular flexibility index (Phi) is 9.36. The number of ether oxygens (including phenoxy) is 2. The fraction of sp³-hybridized carbons (Fsp3) is 0.476. The molecule has 2 aromatic rings. The molecular formula is C21H26F2N3O8P. The summed E-state index contributed by atoms with van der Waals surface area (Å²) in [6.07, 6.45) is -1.17. The number of esters is 2. The topological polar surface area (TPSA) is 143 Å². The Hall–Kier alpha value is -3.02. The van der Waals surface area contributed by atoms with Gasteiger partial charge in [-0.2, -0.15) is 0 Å². The average Bonchev–Trinajstić information content (AvgIpc) is 2.80. The first-order chi connectivity index (χ1) is 16.4. The third-order valence-electron chi connectivity index (χ3n) is 4.83. The lowest BCUT2D eigenvalue weighted by Crippen LogP contribution is -2.62. The van der Waals surface area contributed by atoms with E-state index in [0.717, 1.165) is 33.3 Å². The van der Waals surface area contributed by atoms with Crippen LogP contribution in [0.15, 0.2) is 12.1 Å². The molecule has 11 nitrogen and oxygen atoms in total. The number of rotatable bonds is 11. The zero-order valence-electron chi connectivity index (χ0n) is 19.8. The number of carbonyl (C=O) groups excluding carboxylic acids is 3. The molecule has 1 heterocycles. The highest BCUT2D eigenvalue weighted by molar-refractivity contribution is 7.52. The molecule has 1 aromatic heterocycles. The van der Waals surface area contributed by atoms with Gasteiger partial charge in [0.2, 0.25) is 11.4 Å². The van der Waals surface area contributed by atoms with E-state index in [4.69, 9.17) is 18.5 Å². The van der Waals surface area contributed by atoms with Gasteiger partial charge in [-0.05, 0) is 13.8 Å². The molecule has 1 N–H and O–H groups in total. The molecule has 0 aliphatic heterocycles. The SMILES string of the molecule is CCOC(=O)C(Cc1nc2cc(F)c(F)cc2nc1CP(=O)(OC)OC)(NC(C)=O)C(=O)OCC. The lowest BCUT2D eigenvalue weighted by atomic mass is 9.91. The Morgan fingerprint density at radius 3 is 1.80 bits per heavy atom. The number of hydrogen-bond donors (Lipinski definition) is 1. The molecule has 2 rings (SSSR count). The Morgan fingerprint density at radius 2 is 1.40 bits per heavy atom. The summed E-state index contributed by atoms with van der Waals surface area (Å²) in [4.78, 5) is 46.5. The molecule has 0 unspecified atom stereocenters. The van der Waals surface area contributed by atoms with Crippen molar-refractivity contribution in [3.8, 4) is 0 Å². The Labute approximate surface area is 200 Å². The van der Waals surface area contributed by atoms with Crippen LogP contribution >= 0.6 is 7.60 Å². The second-order valence-electron chi connectivity index (χ2n) is 7.21. The molecule has 0 saturated carbocycles. The van der Waals surface area contributed by atoms with E-state index in [2.05, 4.69) is 15.3 Å². The van der Waals surface area contributed by atoms with Crippen molar-refractivity contribution < 1.29 is 46.3 Å². The summed E-state index contributed by atoms with van der Waals surface area (Å²) < 4.78 is 60.5. The molecule has 192 valence electrons. The van der Waals surface area contributed by atoms with Crippen molar-refractivity contribution in [2.24, 2.45) is 0 Å². The molecule has 0 bridgehead atoms. The number of amides is 1. The minimum absolute atomic E-state index is 0.0983. The van der Waals surface area contributed by atoms with Gasteiger partial charge >= 0.3 is 19.5 Å². The predicted octanol–water partition coefficient (Wildman–Crippen LogP) is 2.44. The molecular weight excluding hydrogens is 491 g/mol. The van der Waals surface area contributed by atoms with Gasteiger partial charge in [-0.25, -0.2) is 28.3 Å². The second-order valence-corrected chi connectivity index (χ2v) is 9.48. The fourth-order valence-corrected chi connectivity index (χ4v) is 4.24. The Bertz CT molecular complexity index is 1150. The van der Waals surface area contributed by atoms with Crippen molar-refractivity contribution in [2.75, 3.05) is 27.4 Å². The van der Waals surface area contributed by atoms with Crippen LogP contribution in [-0.2, 0) is 50.1 Å². The molecule has 14 heteroatoms. The summed E-state index contributed by atoms with van der Waals surface area (Å²) in [6, 6.07) is 1.55. The highest BCUT2D eigenvalue weighted by Crippen LogP contribution is 2.50. The van der Waals surface area contributed by atoms with Crippen LogP contribution in [0.4, 0.5) is 8.78 Å². The maximum absolute atomic E-state index is 13.9. The third kappa shape index (κ3) is 6.36. The first-order valence-electron chi connectivity index (χ1n) is 10.4. The largest absolute Gasteiger partial charge is 0.464 e. The summed E-state index contributed by atoms with van der Waals surface area (Å²) in [5.41, 5.74) is -2.90. The van der Waals surface area contributed by atoms with Crippen LogP contribution in [0.5, 0.6) is 0 Å². The Balaban J connectivity index is 2.82. The van der Waals surface area contributed by atoms with Crippen molar-refractivity contribution >= 4 is 36.5 Å². The number of aromatic nitrogens is 2. The smallest absolute Gasteiger partial charge is 0.344 e. The molecule has 0 saturated heterocycles. The van der Waals surface area contributed by atoms with E-state index < -0.39 is 55.2 Å². The number of hydrogen-bond acceptors (Lipinski definition) is 10. The minimum atomic E-state index is -3.79. The molecule has 1 amide bonds. The first kappa shape index (κ1) is 28.2. The number of nitrogens with one attached hydrogen (secondary N) is 1. The quantitative estimate of drug-likeness (QED) is 0.268. The van der Waals surface area contributed by atoms with Crippen LogP contribution in [0.1, 0.15) is 32.2 Å². The monoisotopic (exact) mass is 517 g/mol. The van der Waals surface area contributed by atoms with Crippen LogP contribution in [0.25, 0.3) is 11.0 Å². The molecule has 0 aliphatic carbocycles. The first-order valence-corrected chi connectivity index (χ1v) is 12.2. The van der Waals surface area contributed by atoms with E-state index in [-0.39, 0.29) is 35.6 Å². The van der Waals surface area contributed by atoms with Crippen LogP contribution in [0.2, 0.25) is 0 Å². The van der Waals surface area contributed by atoms with Crippen LogP contribution < -0.4 is 5.32 Å². The lowest BCUT2D eigenvalue weighted by Gasteiger charge is -2.30. The summed E-state index contributed by atoms with van der Waals surface area (Å²) in [6.45, 7) is 3.79. The summed E-state index contributed by atoms with van der Waals surface area (Å²) in [5, 5.41) is 2.28. The van der Waals surface area contributed by atoms with Crippen molar-refractivity contribution in [2.45, 2.75) is 38.9 Å². The summed E-state index contributed by atoms with van der Waals surface area (Å²) in [7, 11) is -1.52. The fourth-order valence-electron chi connectivity index (χ4n) is 3.21. The molecule has 0 fully saturated rings. The number of benzene rings is 1. The van der Waals surface area contributed by atoms with Gasteiger partial charge in [-0.3, -0.25) is 9.36 Å². The third-order valence-corrected chi connectivity index (χ3v) is 6.63. The van der Waals surface area contributed by atoms with Gasteiger partial charge in [0.05, 0.1) is 41.8 Å². The number of carbonyl (C=O) groups is 3. The molecule has 0 radical (unpaired) electrons. The molecule has 0 spiro atoms. The Morgan fingerprint density at radius 1 is 0.943 bits per heavy atom. The van der Waals surface area contributed by atoms with Gasteiger partial charge < -0.3 is 23.8 Å². The van der Waals surface area contributed by atoms with Crippen LogP contribution in [-0.4, -0.2) is 60.8 Å². The van der Waals surface area contributed by atoms with Gasteiger partial charge in [-0.15, -0.1) is 0 Å². The van der Waals surface area contributed by atoms with Gasteiger partial charge in [-0.1, -0.05) is 0 Å². The number of nitrogens with zero attached hydrogens (tertiary/aromatic N) is 2. The zero-order valence-corrected chi connectivity index (χ0v) is 20.7. The predicted molar refractivity (Wildman–Crippen MR) is 118 cm³/mol. The lowest BCUT2D eigenvalue weighted by molar-refractivity contribution is -0.168.